The minimum atomic E-state index is -0.159. The summed E-state index contributed by atoms with van der Waals surface area (Å²) in [5, 5.41) is 8.67. The van der Waals surface area contributed by atoms with E-state index in [-0.39, 0.29) is 6.61 Å². The molecule has 0 aromatic carbocycles. The summed E-state index contributed by atoms with van der Waals surface area (Å²) in [7, 11) is 1.53. The van der Waals surface area contributed by atoms with Gasteiger partial charge in [-0.1, -0.05) is 0 Å². The Morgan fingerprint density at radius 2 is 2.45 bits per heavy atom. The molecule has 4 nitrogen and oxygen atoms in total. The zero-order valence-corrected chi connectivity index (χ0v) is 8.07. The van der Waals surface area contributed by atoms with Crippen LogP contribution in [0.1, 0.15) is 5.82 Å². The van der Waals surface area contributed by atoms with Crippen molar-refractivity contribution in [3.63, 3.8) is 0 Å². The second-order valence-electron chi connectivity index (χ2n) is 1.80. The summed E-state index contributed by atoms with van der Waals surface area (Å²) < 4.78 is 5.75. The van der Waals surface area contributed by atoms with Crippen LogP contribution in [0.5, 0.6) is 5.88 Å². The van der Waals surface area contributed by atoms with Gasteiger partial charge in [0.05, 0.1) is 10.7 Å². The first-order valence-corrected chi connectivity index (χ1v) is 4.02. The second-order valence-corrected chi connectivity index (χ2v) is 2.96. The number of aliphatic hydroxyl groups is 1. The number of halogens is 1. The maximum atomic E-state index is 8.67. The molecule has 0 radical (unpaired) electrons. The van der Waals surface area contributed by atoms with Crippen LogP contribution in [0, 0.1) is 3.57 Å². The van der Waals surface area contributed by atoms with Crippen LogP contribution in [0.15, 0.2) is 6.20 Å². The molecule has 0 atom stereocenters. The van der Waals surface area contributed by atoms with E-state index < -0.39 is 0 Å². The van der Waals surface area contributed by atoms with Crippen molar-refractivity contribution < 1.29 is 9.84 Å². The normalized spacial score (nSPS) is 9.73. The number of ether oxygens (including phenoxy) is 1. The summed E-state index contributed by atoms with van der Waals surface area (Å²) in [5.74, 6) is 0.881. The van der Waals surface area contributed by atoms with Gasteiger partial charge in [0.1, 0.15) is 6.61 Å². The maximum absolute atomic E-state index is 8.67. The first kappa shape index (κ1) is 8.66. The second kappa shape index (κ2) is 3.82. The molecule has 1 N–H and O–H groups in total. The van der Waals surface area contributed by atoms with Crippen molar-refractivity contribution >= 4 is 22.6 Å². The summed E-state index contributed by atoms with van der Waals surface area (Å²) in [6.45, 7) is -0.159. The third kappa shape index (κ3) is 2.00. The Morgan fingerprint density at radius 1 is 1.73 bits per heavy atom. The predicted molar refractivity (Wildman–Crippen MR) is 47.2 cm³/mol. The van der Waals surface area contributed by atoms with E-state index >= 15 is 0 Å². The number of hydrogen-bond donors (Lipinski definition) is 1. The molecule has 1 rings (SSSR count). The Bertz CT molecular complexity index is 254. The van der Waals surface area contributed by atoms with E-state index in [1.54, 1.807) is 6.20 Å². The molecule has 0 fully saturated rings. The van der Waals surface area contributed by atoms with E-state index in [2.05, 4.69) is 32.6 Å². The molecule has 60 valence electrons. The Morgan fingerprint density at radius 3 is 3.00 bits per heavy atom. The molecule has 0 unspecified atom stereocenters. The number of aromatic nitrogens is 2. The largest absolute Gasteiger partial charge is 0.480 e. The third-order valence-electron chi connectivity index (χ3n) is 1.10. The highest BCUT2D eigenvalue weighted by Crippen LogP contribution is 2.15. The average molecular weight is 266 g/mol. The van der Waals surface area contributed by atoms with Crippen molar-refractivity contribution in [2.75, 3.05) is 7.11 Å². The van der Waals surface area contributed by atoms with Crippen molar-refractivity contribution in [3.05, 3.63) is 15.6 Å². The van der Waals surface area contributed by atoms with E-state index in [1.807, 2.05) is 0 Å². The zero-order valence-electron chi connectivity index (χ0n) is 5.91. The first-order valence-electron chi connectivity index (χ1n) is 2.94. The smallest absolute Gasteiger partial charge is 0.230 e. The number of aliphatic hydroxyl groups excluding tert-OH is 1. The van der Waals surface area contributed by atoms with Gasteiger partial charge in [-0.3, -0.25) is 0 Å². The van der Waals surface area contributed by atoms with Gasteiger partial charge in [0.2, 0.25) is 5.88 Å². The Kier molecular flexibility index (Phi) is 3.01. The van der Waals surface area contributed by atoms with Gasteiger partial charge in [0, 0.05) is 6.20 Å². The van der Waals surface area contributed by atoms with Gasteiger partial charge in [-0.15, -0.1) is 0 Å². The lowest BCUT2D eigenvalue weighted by Gasteiger charge is -2.01. The summed E-state index contributed by atoms with van der Waals surface area (Å²) in [5.41, 5.74) is 0. The van der Waals surface area contributed by atoms with Crippen molar-refractivity contribution in [2.24, 2.45) is 0 Å². The van der Waals surface area contributed by atoms with Gasteiger partial charge in [-0.25, -0.2) is 4.98 Å². The highest BCUT2D eigenvalue weighted by molar-refractivity contribution is 14.1. The van der Waals surface area contributed by atoms with Gasteiger partial charge >= 0.3 is 0 Å². The van der Waals surface area contributed by atoms with Crippen LogP contribution < -0.4 is 4.74 Å². The third-order valence-corrected chi connectivity index (χ3v) is 1.84. The lowest BCUT2D eigenvalue weighted by atomic mass is 10.5. The van der Waals surface area contributed by atoms with E-state index in [9.17, 15) is 0 Å². The van der Waals surface area contributed by atoms with Crippen LogP contribution in [-0.4, -0.2) is 22.2 Å². The fourth-order valence-electron chi connectivity index (χ4n) is 0.605. The molecule has 11 heavy (non-hydrogen) atoms. The summed E-state index contributed by atoms with van der Waals surface area (Å²) in [6.07, 6.45) is 1.61. The van der Waals surface area contributed by atoms with Gasteiger partial charge in [0.15, 0.2) is 5.82 Å². The van der Waals surface area contributed by atoms with Gasteiger partial charge in [-0.2, -0.15) is 4.98 Å². The fourth-order valence-corrected chi connectivity index (χ4v) is 1.09. The van der Waals surface area contributed by atoms with Crippen LogP contribution in [-0.2, 0) is 6.61 Å². The summed E-state index contributed by atoms with van der Waals surface area (Å²) >= 11 is 2.06. The van der Waals surface area contributed by atoms with Gasteiger partial charge < -0.3 is 9.84 Å². The Hall–Kier alpha value is -0.430. The maximum Gasteiger partial charge on any atom is 0.230 e. The van der Waals surface area contributed by atoms with Gasteiger partial charge in [-0.05, 0) is 22.6 Å². The zero-order chi connectivity index (χ0) is 8.27. The summed E-state index contributed by atoms with van der Waals surface area (Å²) in [6, 6.07) is 0. The van der Waals surface area contributed by atoms with E-state index in [4.69, 9.17) is 9.84 Å². The van der Waals surface area contributed by atoms with E-state index in [0.717, 1.165) is 3.57 Å². The molecular formula is C6H7IN2O2. The first-order chi connectivity index (χ1) is 5.27. The van der Waals surface area contributed by atoms with Crippen LogP contribution in [0.4, 0.5) is 0 Å². The fraction of sp³-hybridized carbons (Fsp3) is 0.333. The minimum absolute atomic E-state index is 0.159. The highest BCUT2D eigenvalue weighted by atomic mass is 127. The summed E-state index contributed by atoms with van der Waals surface area (Å²) in [4.78, 5) is 7.78. The monoisotopic (exact) mass is 266 g/mol. The van der Waals surface area contributed by atoms with Crippen molar-refractivity contribution in [2.45, 2.75) is 6.61 Å². The lowest BCUT2D eigenvalue weighted by Crippen LogP contribution is -1.98. The molecule has 0 saturated carbocycles. The molecule has 1 aromatic rings. The molecule has 0 spiro atoms. The van der Waals surface area contributed by atoms with Crippen LogP contribution in [0.2, 0.25) is 0 Å². The Labute approximate surface area is 77.8 Å². The van der Waals surface area contributed by atoms with E-state index in [0.29, 0.717) is 11.7 Å². The topological polar surface area (TPSA) is 55.2 Å². The molecule has 0 saturated heterocycles. The number of methoxy groups -OCH3 is 1. The van der Waals surface area contributed by atoms with Crippen molar-refractivity contribution in [1.82, 2.24) is 9.97 Å². The molecule has 0 aliphatic rings. The number of nitrogens with zero attached hydrogens (tertiary/aromatic N) is 2. The SMILES string of the molecule is COc1nc(CO)ncc1I. The van der Waals surface area contributed by atoms with Crippen LogP contribution in [0.25, 0.3) is 0 Å². The molecule has 1 heterocycles. The van der Waals surface area contributed by atoms with Crippen LogP contribution >= 0.6 is 22.6 Å². The molecule has 0 aliphatic carbocycles. The molecule has 0 bridgehead atoms. The number of hydrogen-bond acceptors (Lipinski definition) is 4. The van der Waals surface area contributed by atoms with Crippen molar-refractivity contribution in [3.8, 4) is 5.88 Å². The average Bonchev–Trinajstić information content (AvgIpc) is 2.05. The van der Waals surface area contributed by atoms with E-state index in [1.165, 1.54) is 7.11 Å². The van der Waals surface area contributed by atoms with Crippen molar-refractivity contribution in [1.29, 1.82) is 0 Å². The predicted octanol–water partition coefficient (Wildman–Crippen LogP) is 0.582. The van der Waals surface area contributed by atoms with Crippen LogP contribution in [0.3, 0.4) is 0 Å². The quantitative estimate of drug-likeness (QED) is 0.795. The highest BCUT2D eigenvalue weighted by Gasteiger charge is 2.02. The standard InChI is InChI=1S/C6H7IN2O2/c1-11-6-4(7)2-8-5(3-10)9-6/h2,10H,3H2,1H3. The Balaban J connectivity index is 3.02. The number of rotatable bonds is 2. The molecule has 0 amide bonds. The molecule has 1 aromatic heterocycles. The minimum Gasteiger partial charge on any atom is -0.480 e. The van der Waals surface area contributed by atoms with Gasteiger partial charge in [0.25, 0.3) is 0 Å². The lowest BCUT2D eigenvalue weighted by molar-refractivity contribution is 0.268. The molecule has 0 aliphatic heterocycles. The molecule has 5 heteroatoms. The molecular weight excluding hydrogens is 259 g/mol.